The van der Waals surface area contributed by atoms with Gasteiger partial charge in [0, 0.05) is 9.43 Å². The molecule has 0 aliphatic rings. The molecule has 6 heteroatoms. The van der Waals surface area contributed by atoms with Crippen molar-refractivity contribution in [2.75, 3.05) is 0 Å². The summed E-state index contributed by atoms with van der Waals surface area (Å²) >= 11 is 0. The summed E-state index contributed by atoms with van der Waals surface area (Å²) in [4.78, 5) is 2.32. The van der Waals surface area contributed by atoms with Gasteiger partial charge in [-0.25, -0.2) is 8.42 Å². The summed E-state index contributed by atoms with van der Waals surface area (Å²) in [7, 11) is -3.85. The second kappa shape index (κ2) is 5.01. The van der Waals surface area contributed by atoms with Gasteiger partial charge in [0.15, 0.2) is 0 Å². The van der Waals surface area contributed by atoms with Gasteiger partial charge in [-0.1, -0.05) is 26.0 Å². The zero-order valence-corrected chi connectivity index (χ0v) is 9.98. The van der Waals surface area contributed by atoms with Gasteiger partial charge >= 0.3 is 0 Å². The Balaban J connectivity index is 3.09. The number of sulfonamides is 1. The van der Waals surface area contributed by atoms with Gasteiger partial charge < -0.3 is 0 Å². The van der Waals surface area contributed by atoms with Gasteiger partial charge in [0.05, 0.1) is 4.90 Å². The molecule has 1 aromatic rings. The van der Waals surface area contributed by atoms with E-state index in [1.54, 1.807) is 12.1 Å². The van der Waals surface area contributed by atoms with Crippen molar-refractivity contribution < 1.29 is 8.42 Å². The van der Waals surface area contributed by atoms with Crippen LogP contribution in [0.25, 0.3) is 10.4 Å². The van der Waals surface area contributed by atoms with Gasteiger partial charge in [0.25, 0.3) is 10.0 Å². The highest BCUT2D eigenvalue weighted by Crippen LogP contribution is 2.21. The van der Waals surface area contributed by atoms with Crippen LogP contribution in [0.2, 0.25) is 0 Å². The molecule has 1 unspecified atom stereocenters. The van der Waals surface area contributed by atoms with E-state index >= 15 is 0 Å². The smallest absolute Gasteiger partial charge is 0.216 e. The van der Waals surface area contributed by atoms with Gasteiger partial charge in [-0.15, -0.1) is 0 Å². The fourth-order valence-electron chi connectivity index (χ4n) is 1.30. The third-order valence-electron chi connectivity index (χ3n) is 2.50. The molecule has 5 nitrogen and oxygen atoms in total. The summed E-state index contributed by atoms with van der Waals surface area (Å²) in [6.45, 7) is 4.13. The van der Waals surface area contributed by atoms with Crippen LogP contribution in [0.5, 0.6) is 0 Å². The Morgan fingerprint density at radius 2 is 1.94 bits per heavy atom. The molecule has 0 spiro atoms. The van der Waals surface area contributed by atoms with E-state index in [-0.39, 0.29) is 4.90 Å². The molecule has 1 atom stereocenters. The molecule has 0 saturated carbocycles. The first-order valence-corrected chi connectivity index (χ1v) is 6.36. The number of nitrogens with zero attached hydrogens (tertiary/aromatic N) is 3. The third kappa shape index (κ3) is 2.74. The molecule has 0 aromatic heterocycles. The second-order valence-corrected chi connectivity index (χ2v) is 5.11. The van der Waals surface area contributed by atoms with Crippen LogP contribution in [0.3, 0.4) is 0 Å². The highest BCUT2D eigenvalue weighted by Gasteiger charge is 2.12. The van der Waals surface area contributed by atoms with Crippen molar-refractivity contribution >= 4 is 10.0 Å². The molecular formula is C10H13N3O2S. The van der Waals surface area contributed by atoms with Gasteiger partial charge in [0.2, 0.25) is 0 Å². The van der Waals surface area contributed by atoms with Gasteiger partial charge in [-0.2, -0.15) is 0 Å². The summed E-state index contributed by atoms with van der Waals surface area (Å²) in [5.41, 5.74) is 9.19. The van der Waals surface area contributed by atoms with E-state index in [0.717, 1.165) is 12.0 Å². The lowest BCUT2D eigenvalue weighted by molar-refractivity contribution is 0.597. The standard InChI is InChI=1S/C10H13N3O2S/c1-3-8(2)9-4-6-10(7-5-9)16(14,15)13-12-11/h4-8H,3H2,1-2H3. The fourth-order valence-corrected chi connectivity index (χ4v) is 1.97. The average molecular weight is 239 g/mol. The first-order chi connectivity index (χ1) is 7.51. The van der Waals surface area contributed by atoms with Crippen LogP contribution >= 0.6 is 0 Å². The van der Waals surface area contributed by atoms with E-state index in [4.69, 9.17) is 5.53 Å². The summed E-state index contributed by atoms with van der Waals surface area (Å²) in [5.74, 6) is 0.385. The molecule has 0 heterocycles. The quantitative estimate of drug-likeness (QED) is 0.459. The van der Waals surface area contributed by atoms with Crippen molar-refractivity contribution in [1.29, 1.82) is 0 Å². The van der Waals surface area contributed by atoms with E-state index in [2.05, 4.69) is 23.3 Å². The van der Waals surface area contributed by atoms with Crippen LogP contribution in [0, 0.1) is 0 Å². The van der Waals surface area contributed by atoms with Crippen molar-refractivity contribution in [3.05, 3.63) is 40.3 Å². The molecule has 16 heavy (non-hydrogen) atoms. The van der Waals surface area contributed by atoms with Crippen LogP contribution in [0.1, 0.15) is 31.7 Å². The molecule has 0 aliphatic heterocycles. The van der Waals surface area contributed by atoms with Gasteiger partial charge in [-0.05, 0) is 35.6 Å². The Bertz CT molecular complexity index is 501. The molecule has 0 bridgehead atoms. The lowest BCUT2D eigenvalue weighted by atomic mass is 9.99. The number of azide groups is 1. The van der Waals surface area contributed by atoms with E-state index in [1.165, 1.54) is 12.1 Å². The number of benzene rings is 1. The first kappa shape index (κ1) is 12.5. The van der Waals surface area contributed by atoms with E-state index < -0.39 is 10.0 Å². The Kier molecular flexibility index (Phi) is 3.93. The number of hydrogen-bond donors (Lipinski definition) is 0. The van der Waals surface area contributed by atoms with Gasteiger partial charge in [-0.3, -0.25) is 0 Å². The SMILES string of the molecule is CCC(C)c1ccc(S(=O)(=O)N=[N+]=[N-])cc1. The second-order valence-electron chi connectivity index (χ2n) is 3.52. The molecule has 0 radical (unpaired) electrons. The maximum absolute atomic E-state index is 11.4. The largest absolute Gasteiger partial charge is 0.264 e. The minimum Gasteiger partial charge on any atom is -0.216 e. The molecule has 0 aliphatic carbocycles. The first-order valence-electron chi connectivity index (χ1n) is 4.92. The maximum atomic E-state index is 11.4. The fraction of sp³-hybridized carbons (Fsp3) is 0.400. The van der Waals surface area contributed by atoms with E-state index in [9.17, 15) is 8.42 Å². The van der Waals surface area contributed by atoms with Crippen LogP contribution in [-0.4, -0.2) is 8.42 Å². The predicted molar refractivity (Wildman–Crippen MR) is 61.5 cm³/mol. The summed E-state index contributed by atoms with van der Waals surface area (Å²) in [6, 6.07) is 6.42. The lowest BCUT2D eigenvalue weighted by Crippen LogP contribution is -1.97. The van der Waals surface area contributed by atoms with Crippen molar-refractivity contribution in [3.8, 4) is 0 Å². The molecular weight excluding hydrogens is 226 g/mol. The normalized spacial score (nSPS) is 12.9. The highest BCUT2D eigenvalue weighted by atomic mass is 32.2. The van der Waals surface area contributed by atoms with Gasteiger partial charge in [0.1, 0.15) is 0 Å². The minimum absolute atomic E-state index is 0.0253. The summed E-state index contributed by atoms with van der Waals surface area (Å²) < 4.78 is 25.5. The Labute approximate surface area is 94.8 Å². The van der Waals surface area contributed by atoms with Crippen molar-refractivity contribution in [1.82, 2.24) is 0 Å². The van der Waals surface area contributed by atoms with E-state index in [1.807, 2.05) is 0 Å². The Morgan fingerprint density at radius 3 is 2.38 bits per heavy atom. The molecule has 86 valence electrons. The zero-order valence-electron chi connectivity index (χ0n) is 9.16. The Hall–Kier alpha value is -1.52. The predicted octanol–water partition coefficient (Wildman–Crippen LogP) is 3.20. The molecule has 0 N–H and O–H groups in total. The zero-order chi connectivity index (χ0) is 12.2. The number of rotatable bonds is 4. The summed E-state index contributed by atoms with van der Waals surface area (Å²) in [5, 5.41) is 0. The Morgan fingerprint density at radius 1 is 1.38 bits per heavy atom. The molecule has 0 amide bonds. The van der Waals surface area contributed by atoms with Crippen molar-refractivity contribution in [3.63, 3.8) is 0 Å². The number of hydrogen-bond acceptors (Lipinski definition) is 2. The lowest BCUT2D eigenvalue weighted by Gasteiger charge is -2.08. The topological polar surface area (TPSA) is 82.9 Å². The molecule has 1 aromatic carbocycles. The highest BCUT2D eigenvalue weighted by molar-refractivity contribution is 7.90. The monoisotopic (exact) mass is 239 g/mol. The van der Waals surface area contributed by atoms with Crippen molar-refractivity contribution in [2.24, 2.45) is 4.52 Å². The summed E-state index contributed by atoms with van der Waals surface area (Å²) in [6.07, 6.45) is 0.989. The molecule has 0 fully saturated rings. The average Bonchev–Trinajstić information content (AvgIpc) is 2.28. The minimum atomic E-state index is -3.85. The molecule has 0 saturated heterocycles. The van der Waals surface area contributed by atoms with Crippen LogP contribution in [0.15, 0.2) is 33.7 Å². The van der Waals surface area contributed by atoms with Crippen LogP contribution < -0.4 is 0 Å². The van der Waals surface area contributed by atoms with Crippen LogP contribution in [0.4, 0.5) is 0 Å². The third-order valence-corrected chi connectivity index (χ3v) is 3.66. The van der Waals surface area contributed by atoms with E-state index in [0.29, 0.717) is 5.92 Å². The maximum Gasteiger partial charge on any atom is 0.264 e. The van der Waals surface area contributed by atoms with Crippen molar-refractivity contribution in [2.45, 2.75) is 31.1 Å². The van der Waals surface area contributed by atoms with Crippen LogP contribution in [-0.2, 0) is 10.0 Å². The molecule has 1 rings (SSSR count).